The van der Waals surface area contributed by atoms with Crippen LogP contribution in [0.3, 0.4) is 0 Å². The highest BCUT2D eigenvalue weighted by atomic mass is 35.5. The van der Waals surface area contributed by atoms with E-state index in [0.717, 1.165) is 43.2 Å². The van der Waals surface area contributed by atoms with Gasteiger partial charge in [0.1, 0.15) is 5.75 Å². The van der Waals surface area contributed by atoms with Gasteiger partial charge in [-0.25, -0.2) is 0 Å². The van der Waals surface area contributed by atoms with E-state index in [0.29, 0.717) is 10.0 Å². The van der Waals surface area contributed by atoms with E-state index in [1.54, 1.807) is 6.07 Å². The monoisotopic (exact) mass is 380 g/mol. The van der Waals surface area contributed by atoms with Crippen LogP contribution in [0.4, 0.5) is 11.4 Å². The third-order valence-corrected chi connectivity index (χ3v) is 4.66. The smallest absolute Gasteiger partial charge is 0.119 e. The lowest BCUT2D eigenvalue weighted by atomic mass is 10.2. The molecule has 5 heteroatoms. The molecule has 0 saturated carbocycles. The SMILES string of the molecule is CCCCCCOc1ccc(NCCNc2cccc(Cl)c2Cl)cc1. The summed E-state index contributed by atoms with van der Waals surface area (Å²) in [6, 6.07) is 13.7. The first-order valence-electron chi connectivity index (χ1n) is 8.85. The summed E-state index contributed by atoms with van der Waals surface area (Å²) in [6.45, 7) is 4.53. The van der Waals surface area contributed by atoms with Crippen LogP contribution < -0.4 is 15.4 Å². The molecule has 0 aliphatic heterocycles. The van der Waals surface area contributed by atoms with Crippen LogP contribution in [-0.4, -0.2) is 19.7 Å². The number of benzene rings is 2. The zero-order valence-corrected chi connectivity index (χ0v) is 16.2. The van der Waals surface area contributed by atoms with Crippen molar-refractivity contribution in [3.63, 3.8) is 0 Å². The molecule has 0 amide bonds. The Balaban J connectivity index is 1.66. The lowest BCUT2D eigenvalue weighted by molar-refractivity contribution is 0.305. The highest BCUT2D eigenvalue weighted by Gasteiger charge is 2.03. The molecule has 25 heavy (non-hydrogen) atoms. The van der Waals surface area contributed by atoms with Crippen LogP contribution in [0.25, 0.3) is 0 Å². The summed E-state index contributed by atoms with van der Waals surface area (Å²) in [5.41, 5.74) is 1.92. The van der Waals surface area contributed by atoms with Crippen LogP contribution in [0.1, 0.15) is 32.6 Å². The van der Waals surface area contributed by atoms with Crippen LogP contribution in [0.5, 0.6) is 5.75 Å². The summed E-state index contributed by atoms with van der Waals surface area (Å²) in [6.07, 6.45) is 4.88. The Hall–Kier alpha value is -1.58. The largest absolute Gasteiger partial charge is 0.494 e. The lowest BCUT2D eigenvalue weighted by Gasteiger charge is -2.11. The van der Waals surface area contributed by atoms with Crippen molar-refractivity contribution in [3.8, 4) is 5.75 Å². The number of anilines is 2. The quantitative estimate of drug-likeness (QED) is 0.437. The summed E-state index contributed by atoms with van der Waals surface area (Å²) in [4.78, 5) is 0. The van der Waals surface area contributed by atoms with Crippen LogP contribution in [-0.2, 0) is 0 Å². The van der Waals surface area contributed by atoms with E-state index >= 15 is 0 Å². The molecule has 136 valence electrons. The highest BCUT2D eigenvalue weighted by Crippen LogP contribution is 2.29. The predicted molar refractivity (Wildman–Crippen MR) is 110 cm³/mol. The number of ether oxygens (including phenoxy) is 1. The van der Waals surface area contributed by atoms with Crippen LogP contribution in [0.15, 0.2) is 42.5 Å². The molecule has 0 fully saturated rings. The van der Waals surface area contributed by atoms with Crippen LogP contribution >= 0.6 is 23.2 Å². The zero-order valence-electron chi connectivity index (χ0n) is 14.7. The molecule has 0 heterocycles. The Labute approximate surface area is 160 Å². The summed E-state index contributed by atoms with van der Waals surface area (Å²) in [5, 5.41) is 7.76. The highest BCUT2D eigenvalue weighted by molar-refractivity contribution is 6.43. The van der Waals surface area contributed by atoms with Crippen molar-refractivity contribution in [2.24, 2.45) is 0 Å². The predicted octanol–water partition coefficient (Wildman–Crippen LogP) is 6.48. The Kier molecular flexibility index (Phi) is 8.78. The molecule has 0 bridgehead atoms. The molecular weight excluding hydrogens is 355 g/mol. The first-order chi connectivity index (χ1) is 12.2. The third-order valence-electron chi connectivity index (χ3n) is 3.84. The van der Waals surface area contributed by atoms with E-state index in [1.165, 1.54) is 19.3 Å². The van der Waals surface area contributed by atoms with Gasteiger partial charge in [-0.1, -0.05) is 55.5 Å². The minimum Gasteiger partial charge on any atom is -0.494 e. The van der Waals surface area contributed by atoms with Crippen molar-refractivity contribution < 1.29 is 4.74 Å². The molecule has 0 radical (unpaired) electrons. The van der Waals surface area contributed by atoms with Crippen LogP contribution in [0.2, 0.25) is 10.0 Å². The van der Waals surface area contributed by atoms with E-state index in [-0.39, 0.29) is 0 Å². The van der Waals surface area contributed by atoms with Gasteiger partial charge in [-0.3, -0.25) is 0 Å². The molecule has 0 aliphatic carbocycles. The number of hydrogen-bond acceptors (Lipinski definition) is 3. The number of hydrogen-bond donors (Lipinski definition) is 2. The maximum atomic E-state index is 6.15. The molecule has 2 aromatic rings. The summed E-state index contributed by atoms with van der Waals surface area (Å²) in [7, 11) is 0. The van der Waals surface area contributed by atoms with Crippen LogP contribution in [0, 0.1) is 0 Å². The topological polar surface area (TPSA) is 33.3 Å². The Morgan fingerprint density at radius 1 is 0.880 bits per heavy atom. The Morgan fingerprint density at radius 2 is 1.64 bits per heavy atom. The Bertz CT molecular complexity index is 632. The number of rotatable bonds is 11. The average molecular weight is 381 g/mol. The molecule has 2 rings (SSSR count). The van der Waals surface area contributed by atoms with Gasteiger partial charge in [-0.05, 0) is 42.8 Å². The molecular formula is C20H26Cl2N2O. The second kappa shape index (κ2) is 11.1. The fraction of sp³-hybridized carbons (Fsp3) is 0.400. The molecule has 2 N–H and O–H groups in total. The number of halogens is 2. The van der Waals surface area contributed by atoms with Gasteiger partial charge < -0.3 is 15.4 Å². The van der Waals surface area contributed by atoms with Crippen molar-refractivity contribution in [2.45, 2.75) is 32.6 Å². The molecule has 0 spiro atoms. The fourth-order valence-corrected chi connectivity index (χ4v) is 2.80. The molecule has 0 atom stereocenters. The van der Waals surface area contributed by atoms with E-state index in [9.17, 15) is 0 Å². The van der Waals surface area contributed by atoms with Gasteiger partial charge in [0.05, 0.1) is 22.3 Å². The van der Waals surface area contributed by atoms with Gasteiger partial charge in [-0.2, -0.15) is 0 Å². The average Bonchev–Trinajstić information content (AvgIpc) is 2.63. The van der Waals surface area contributed by atoms with Gasteiger partial charge in [0.15, 0.2) is 0 Å². The molecule has 0 unspecified atom stereocenters. The third kappa shape index (κ3) is 7.05. The van der Waals surface area contributed by atoms with Crippen molar-refractivity contribution in [1.29, 1.82) is 0 Å². The van der Waals surface area contributed by atoms with Gasteiger partial charge >= 0.3 is 0 Å². The second-order valence-electron chi connectivity index (χ2n) is 5.89. The van der Waals surface area contributed by atoms with Gasteiger partial charge in [0, 0.05) is 18.8 Å². The van der Waals surface area contributed by atoms with E-state index < -0.39 is 0 Å². The van der Waals surface area contributed by atoms with Crippen molar-refractivity contribution in [3.05, 3.63) is 52.5 Å². The zero-order chi connectivity index (χ0) is 17.9. The Morgan fingerprint density at radius 3 is 2.40 bits per heavy atom. The lowest BCUT2D eigenvalue weighted by Crippen LogP contribution is -2.13. The van der Waals surface area contributed by atoms with Crippen molar-refractivity contribution in [1.82, 2.24) is 0 Å². The molecule has 2 aromatic carbocycles. The summed E-state index contributed by atoms with van der Waals surface area (Å²) < 4.78 is 5.75. The minimum atomic E-state index is 0.560. The standard InChI is InChI=1S/C20H26Cl2N2O/c1-2-3-4-5-15-25-17-11-9-16(10-12-17)23-13-14-24-19-8-6-7-18(21)20(19)22/h6-12,23-24H,2-5,13-15H2,1H3. The van der Waals surface area contributed by atoms with E-state index in [2.05, 4.69) is 17.6 Å². The van der Waals surface area contributed by atoms with Gasteiger partial charge in [0.25, 0.3) is 0 Å². The minimum absolute atomic E-state index is 0.560. The summed E-state index contributed by atoms with van der Waals surface area (Å²) >= 11 is 12.1. The maximum Gasteiger partial charge on any atom is 0.119 e. The van der Waals surface area contributed by atoms with Crippen molar-refractivity contribution >= 4 is 34.6 Å². The molecule has 0 aromatic heterocycles. The molecule has 3 nitrogen and oxygen atoms in total. The normalized spacial score (nSPS) is 10.5. The number of unbranched alkanes of at least 4 members (excludes halogenated alkanes) is 3. The van der Waals surface area contributed by atoms with Gasteiger partial charge in [0.2, 0.25) is 0 Å². The van der Waals surface area contributed by atoms with E-state index in [4.69, 9.17) is 27.9 Å². The fourth-order valence-electron chi connectivity index (χ4n) is 2.43. The maximum absolute atomic E-state index is 6.15. The number of nitrogens with one attached hydrogen (secondary N) is 2. The second-order valence-corrected chi connectivity index (χ2v) is 6.67. The van der Waals surface area contributed by atoms with Gasteiger partial charge in [-0.15, -0.1) is 0 Å². The molecule has 0 aliphatic rings. The first kappa shape index (κ1) is 19.7. The summed E-state index contributed by atoms with van der Waals surface area (Å²) in [5.74, 6) is 0.922. The van der Waals surface area contributed by atoms with E-state index in [1.807, 2.05) is 36.4 Å². The molecule has 0 saturated heterocycles. The van der Waals surface area contributed by atoms with Crippen molar-refractivity contribution in [2.75, 3.05) is 30.3 Å². The first-order valence-corrected chi connectivity index (χ1v) is 9.61.